The van der Waals surface area contributed by atoms with Crippen molar-refractivity contribution in [3.05, 3.63) is 74.6 Å². The van der Waals surface area contributed by atoms with Crippen LogP contribution in [-0.4, -0.2) is 3.21 Å². The molecule has 0 fully saturated rings. The van der Waals surface area contributed by atoms with E-state index in [-0.39, 0.29) is 0 Å². The van der Waals surface area contributed by atoms with Gasteiger partial charge in [-0.05, 0) is 0 Å². The van der Waals surface area contributed by atoms with Crippen molar-refractivity contribution in [2.45, 2.75) is 33.6 Å². The molecule has 23 heavy (non-hydrogen) atoms. The van der Waals surface area contributed by atoms with E-state index in [0.29, 0.717) is 0 Å². The van der Waals surface area contributed by atoms with Crippen molar-refractivity contribution < 1.29 is 21.3 Å². The molecule has 0 nitrogen and oxygen atoms in total. The maximum atomic E-state index is 2.44. The predicted octanol–water partition coefficient (Wildman–Crippen LogP) is 4.95. The predicted molar refractivity (Wildman–Crippen MR) is 97.1 cm³/mol. The van der Waals surface area contributed by atoms with Gasteiger partial charge in [0, 0.05) is 0 Å². The summed E-state index contributed by atoms with van der Waals surface area (Å²) < 4.78 is 5.17. The fraction of sp³-hybridized carbons (Fsp3) is 0.227. The number of hydrogen-bond acceptors (Lipinski definition) is 0. The van der Waals surface area contributed by atoms with Crippen molar-refractivity contribution in [1.29, 1.82) is 0 Å². The average Bonchev–Trinajstić information content (AvgIpc) is 3.12. The van der Waals surface area contributed by atoms with E-state index in [9.17, 15) is 0 Å². The molecular formula is C22H22Zr. The molecule has 0 heterocycles. The molecule has 2 aliphatic carbocycles. The standard InChI is InChI=1S/C13H9.C6H7.C3H6.Zr/c1-3-7-12-10(5-1)9-11-6-2-4-8-13(11)12;1-6-4-2-3-5-6;1-3-2;/h1-5,7-8H,9H2;2,4H,3H2,1H3;1-2H3;. The van der Waals surface area contributed by atoms with Crippen LogP contribution in [0.3, 0.4) is 0 Å². The number of allylic oxidation sites excluding steroid dienone is 4. The average molecular weight is 378 g/mol. The topological polar surface area (TPSA) is 0 Å². The Kier molecular flexibility index (Phi) is 3.94. The van der Waals surface area contributed by atoms with Crippen LogP contribution in [0.4, 0.5) is 0 Å². The van der Waals surface area contributed by atoms with Crippen LogP contribution >= 0.6 is 0 Å². The van der Waals surface area contributed by atoms with Gasteiger partial charge < -0.3 is 0 Å². The normalized spacial score (nSPS) is 14.9. The minimum absolute atomic E-state index is 1.12. The third-order valence-electron chi connectivity index (χ3n) is 5.09. The molecule has 4 rings (SSSR count). The van der Waals surface area contributed by atoms with E-state index >= 15 is 0 Å². The quantitative estimate of drug-likeness (QED) is 0.593. The van der Waals surface area contributed by atoms with E-state index in [1.807, 2.05) is 0 Å². The summed E-state index contributed by atoms with van der Waals surface area (Å²) in [5, 5.41) is 0. The number of fused-ring (bicyclic) bond motifs is 3. The first-order valence-corrected chi connectivity index (χ1v) is 12.1. The monoisotopic (exact) mass is 376 g/mol. The Labute approximate surface area is 146 Å². The van der Waals surface area contributed by atoms with Crippen molar-refractivity contribution in [1.82, 2.24) is 0 Å². The van der Waals surface area contributed by atoms with Gasteiger partial charge in [-0.2, -0.15) is 0 Å². The van der Waals surface area contributed by atoms with Gasteiger partial charge in [-0.3, -0.25) is 0 Å². The van der Waals surface area contributed by atoms with Crippen LogP contribution < -0.4 is 3.27 Å². The summed E-state index contributed by atoms with van der Waals surface area (Å²) in [5.74, 6) is 0. The second kappa shape index (κ2) is 5.95. The van der Waals surface area contributed by atoms with Crippen LogP contribution in [0.15, 0.2) is 63.5 Å². The summed E-state index contributed by atoms with van der Waals surface area (Å²) >= 11 is -1.91. The third-order valence-corrected chi connectivity index (χ3v) is 13.0. The molecule has 0 spiro atoms. The molecule has 0 radical (unpaired) electrons. The van der Waals surface area contributed by atoms with E-state index in [0.717, 1.165) is 6.42 Å². The zero-order chi connectivity index (χ0) is 16.0. The first-order valence-electron chi connectivity index (χ1n) is 8.41. The first kappa shape index (κ1) is 15.2. The van der Waals surface area contributed by atoms with E-state index in [4.69, 9.17) is 0 Å². The van der Waals surface area contributed by atoms with Gasteiger partial charge in [0.25, 0.3) is 0 Å². The molecular weight excluding hydrogens is 355 g/mol. The molecule has 2 aliphatic rings. The number of rotatable bonds is 2. The molecule has 2 aromatic carbocycles. The van der Waals surface area contributed by atoms with Gasteiger partial charge in [-0.25, -0.2) is 0 Å². The molecule has 0 amide bonds. The zero-order valence-corrected chi connectivity index (χ0v) is 16.6. The van der Waals surface area contributed by atoms with Crippen molar-refractivity contribution in [3.63, 3.8) is 0 Å². The van der Waals surface area contributed by atoms with Crippen molar-refractivity contribution >= 4 is 6.48 Å². The van der Waals surface area contributed by atoms with E-state index in [1.54, 1.807) is 15.3 Å². The second-order valence-corrected chi connectivity index (χ2v) is 13.9. The molecule has 0 N–H and O–H groups in total. The van der Waals surface area contributed by atoms with E-state index in [2.05, 4.69) is 75.4 Å². The zero-order valence-electron chi connectivity index (χ0n) is 14.1. The Morgan fingerprint density at radius 2 is 1.74 bits per heavy atom. The molecule has 2 aromatic rings. The van der Waals surface area contributed by atoms with Gasteiger partial charge in [0.05, 0.1) is 0 Å². The molecule has 1 heteroatoms. The fourth-order valence-electron chi connectivity index (χ4n) is 4.04. The van der Waals surface area contributed by atoms with Crippen LogP contribution in [0, 0.1) is 0 Å². The Balaban J connectivity index is 1.92. The van der Waals surface area contributed by atoms with Crippen LogP contribution in [0.2, 0.25) is 0 Å². The Bertz CT molecular complexity index is 890. The molecule has 0 aromatic heterocycles. The fourth-order valence-corrected chi connectivity index (χ4v) is 11.5. The summed E-state index contributed by atoms with van der Waals surface area (Å²) in [6.45, 7) is 7.05. The van der Waals surface area contributed by atoms with Crippen LogP contribution in [0.5, 0.6) is 0 Å². The van der Waals surface area contributed by atoms with Crippen LogP contribution in [0.25, 0.3) is 11.1 Å². The third kappa shape index (κ3) is 2.50. The minimum atomic E-state index is -1.91. The second-order valence-electron chi connectivity index (χ2n) is 6.81. The summed E-state index contributed by atoms with van der Waals surface area (Å²) in [6.07, 6.45) is 6.99. The van der Waals surface area contributed by atoms with Crippen molar-refractivity contribution in [2.75, 3.05) is 0 Å². The van der Waals surface area contributed by atoms with Gasteiger partial charge in [-0.1, -0.05) is 0 Å². The van der Waals surface area contributed by atoms with Gasteiger partial charge in [0.2, 0.25) is 0 Å². The van der Waals surface area contributed by atoms with Crippen LogP contribution in [-0.2, 0) is 27.7 Å². The summed E-state index contributed by atoms with van der Waals surface area (Å²) in [4.78, 5) is 0. The Morgan fingerprint density at radius 3 is 2.48 bits per heavy atom. The van der Waals surface area contributed by atoms with Gasteiger partial charge in [0.1, 0.15) is 0 Å². The Hall–Kier alpha value is -1.33. The van der Waals surface area contributed by atoms with Crippen molar-refractivity contribution in [2.24, 2.45) is 0 Å². The molecule has 114 valence electrons. The molecule has 0 bridgehead atoms. The first-order chi connectivity index (χ1) is 11.2. The number of hydrogen-bond donors (Lipinski definition) is 0. The maximum absolute atomic E-state index is 2.44. The molecule has 0 saturated heterocycles. The SMILES string of the molecule is CC1=[C]([Zr](=[C](C)C)[c]2cccc3c2Cc2ccccc2-3)CC=C1. The van der Waals surface area contributed by atoms with Gasteiger partial charge in [-0.15, -0.1) is 0 Å². The molecule has 0 saturated carbocycles. The van der Waals surface area contributed by atoms with Crippen molar-refractivity contribution in [3.8, 4) is 11.1 Å². The van der Waals surface area contributed by atoms with Gasteiger partial charge in [0.15, 0.2) is 0 Å². The number of benzene rings is 2. The molecule has 0 unspecified atom stereocenters. The summed E-state index contributed by atoms with van der Waals surface area (Å²) in [6, 6.07) is 16.0. The van der Waals surface area contributed by atoms with Crippen LogP contribution in [0.1, 0.15) is 38.3 Å². The molecule has 0 aliphatic heterocycles. The summed E-state index contributed by atoms with van der Waals surface area (Å²) in [5.41, 5.74) is 7.60. The van der Waals surface area contributed by atoms with E-state index < -0.39 is 21.3 Å². The van der Waals surface area contributed by atoms with E-state index in [1.165, 1.54) is 28.7 Å². The summed E-state index contributed by atoms with van der Waals surface area (Å²) in [7, 11) is 0. The molecule has 0 atom stereocenters. The Morgan fingerprint density at radius 1 is 0.957 bits per heavy atom. The van der Waals surface area contributed by atoms with Gasteiger partial charge >= 0.3 is 147 Å².